The molecule has 21 heavy (non-hydrogen) atoms. The molecule has 0 fully saturated rings. The lowest BCUT2D eigenvalue weighted by Gasteiger charge is -2.07. The number of nitrogens with one attached hydrogen (secondary N) is 1. The van der Waals surface area contributed by atoms with E-state index in [0.717, 1.165) is 0 Å². The Morgan fingerprint density at radius 3 is 2.48 bits per heavy atom. The molecule has 8 heteroatoms. The number of hydrogen-bond donors (Lipinski definition) is 1. The molecule has 2 aromatic rings. The van der Waals surface area contributed by atoms with Crippen molar-refractivity contribution in [3.8, 4) is 0 Å². The molecule has 0 saturated heterocycles. The van der Waals surface area contributed by atoms with Crippen LogP contribution in [0.1, 0.15) is 10.4 Å². The highest BCUT2D eigenvalue weighted by Gasteiger charge is 2.17. The molecule has 0 aliphatic carbocycles. The number of nitrogens with zero attached hydrogens (tertiary/aromatic N) is 1. The maximum absolute atomic E-state index is 12.1. The monoisotopic (exact) mass is 388 g/mol. The summed E-state index contributed by atoms with van der Waals surface area (Å²) in [6.45, 7) is 0. The smallest absolute Gasteiger partial charge is 0.294 e. The Morgan fingerprint density at radius 2 is 1.86 bits per heavy atom. The second kappa shape index (κ2) is 6.43. The third-order valence-corrected chi connectivity index (χ3v) is 3.44. The fourth-order valence-corrected chi connectivity index (χ4v) is 2.67. The number of anilines is 1. The largest absolute Gasteiger partial charge is 0.316 e. The zero-order valence-electron chi connectivity index (χ0n) is 10.3. The van der Waals surface area contributed by atoms with Gasteiger partial charge in [0.05, 0.1) is 4.92 Å². The average Bonchev–Trinajstić information content (AvgIpc) is 2.39. The number of rotatable bonds is 3. The summed E-state index contributed by atoms with van der Waals surface area (Å²) in [5, 5.41) is 14.0. The maximum atomic E-state index is 12.1. The average molecular weight is 390 g/mol. The van der Waals surface area contributed by atoms with Gasteiger partial charge >= 0.3 is 0 Å². The van der Waals surface area contributed by atoms with Crippen molar-refractivity contribution >= 4 is 56.4 Å². The van der Waals surface area contributed by atoms with Crippen LogP contribution in [0.4, 0.5) is 11.4 Å². The second-order valence-corrected chi connectivity index (χ2v) is 5.82. The van der Waals surface area contributed by atoms with E-state index in [1.54, 1.807) is 12.1 Å². The molecular weight excluding hydrogens is 383 g/mol. The van der Waals surface area contributed by atoms with E-state index >= 15 is 0 Å². The fraction of sp³-hybridized carbons (Fsp3) is 0. The number of halogens is 3. The van der Waals surface area contributed by atoms with Crippen LogP contribution >= 0.6 is 39.1 Å². The van der Waals surface area contributed by atoms with Gasteiger partial charge in [0, 0.05) is 26.1 Å². The highest BCUT2D eigenvalue weighted by Crippen LogP contribution is 2.28. The van der Waals surface area contributed by atoms with Gasteiger partial charge in [-0.05, 0) is 30.3 Å². The first-order valence-electron chi connectivity index (χ1n) is 5.58. The van der Waals surface area contributed by atoms with Crippen LogP contribution in [0.3, 0.4) is 0 Å². The summed E-state index contributed by atoms with van der Waals surface area (Å²) < 4.78 is 0.630. The number of benzene rings is 2. The van der Waals surface area contributed by atoms with Crippen LogP contribution in [0.2, 0.25) is 10.0 Å². The molecule has 0 aliphatic heterocycles. The molecule has 0 aromatic heterocycles. The standard InChI is InChI=1S/C13H7BrCl2N2O3/c14-8-3-7(4-10(16)5-8)13(19)17-11-2-1-9(15)6-12(11)18(20)21/h1-6H,(H,17,19). The first-order chi connectivity index (χ1) is 9.86. The first kappa shape index (κ1) is 15.8. The number of carbonyl (C=O) groups is 1. The van der Waals surface area contributed by atoms with Crippen LogP contribution in [0.5, 0.6) is 0 Å². The Morgan fingerprint density at radius 1 is 1.14 bits per heavy atom. The van der Waals surface area contributed by atoms with Gasteiger partial charge in [0.2, 0.25) is 0 Å². The molecule has 5 nitrogen and oxygen atoms in total. The second-order valence-electron chi connectivity index (χ2n) is 4.03. The molecule has 0 atom stereocenters. The summed E-state index contributed by atoms with van der Waals surface area (Å²) >= 11 is 14.8. The van der Waals surface area contributed by atoms with Crippen molar-refractivity contribution in [3.63, 3.8) is 0 Å². The van der Waals surface area contributed by atoms with E-state index < -0.39 is 10.8 Å². The van der Waals surface area contributed by atoms with Crippen molar-refractivity contribution in [2.24, 2.45) is 0 Å². The molecule has 1 amide bonds. The minimum Gasteiger partial charge on any atom is -0.316 e. The number of carbonyl (C=O) groups excluding carboxylic acids is 1. The highest BCUT2D eigenvalue weighted by molar-refractivity contribution is 9.10. The van der Waals surface area contributed by atoms with Gasteiger partial charge in [0.15, 0.2) is 0 Å². The van der Waals surface area contributed by atoms with E-state index in [1.165, 1.54) is 24.3 Å². The van der Waals surface area contributed by atoms with Crippen LogP contribution in [0, 0.1) is 10.1 Å². The van der Waals surface area contributed by atoms with Crippen LogP contribution < -0.4 is 5.32 Å². The molecule has 0 spiro atoms. The molecule has 2 rings (SSSR count). The highest BCUT2D eigenvalue weighted by atomic mass is 79.9. The quantitative estimate of drug-likeness (QED) is 0.598. The molecule has 0 saturated carbocycles. The van der Waals surface area contributed by atoms with Gasteiger partial charge < -0.3 is 5.32 Å². The summed E-state index contributed by atoms with van der Waals surface area (Å²) in [6.07, 6.45) is 0. The maximum Gasteiger partial charge on any atom is 0.294 e. The number of hydrogen-bond acceptors (Lipinski definition) is 3. The van der Waals surface area contributed by atoms with Crippen LogP contribution in [-0.2, 0) is 0 Å². The molecule has 0 radical (unpaired) electrons. The van der Waals surface area contributed by atoms with Gasteiger partial charge in [-0.1, -0.05) is 39.1 Å². The lowest BCUT2D eigenvalue weighted by molar-refractivity contribution is -0.383. The van der Waals surface area contributed by atoms with Gasteiger partial charge in [0.1, 0.15) is 5.69 Å². The molecular formula is C13H7BrCl2N2O3. The summed E-state index contributed by atoms with van der Waals surface area (Å²) in [5.74, 6) is -0.511. The van der Waals surface area contributed by atoms with Gasteiger partial charge in [-0.3, -0.25) is 14.9 Å². The van der Waals surface area contributed by atoms with E-state index in [2.05, 4.69) is 21.2 Å². The molecule has 0 bridgehead atoms. The predicted octanol–water partition coefficient (Wildman–Crippen LogP) is 4.92. The van der Waals surface area contributed by atoms with Gasteiger partial charge in [0.25, 0.3) is 11.6 Å². The number of nitro benzene ring substituents is 1. The van der Waals surface area contributed by atoms with Gasteiger partial charge in [-0.2, -0.15) is 0 Å². The van der Waals surface area contributed by atoms with E-state index in [4.69, 9.17) is 23.2 Å². The summed E-state index contributed by atoms with van der Waals surface area (Å²) in [7, 11) is 0. The van der Waals surface area contributed by atoms with Crippen molar-refractivity contribution in [2.75, 3.05) is 5.32 Å². The van der Waals surface area contributed by atoms with E-state index in [-0.39, 0.29) is 22.0 Å². The third-order valence-electron chi connectivity index (χ3n) is 2.53. The lowest BCUT2D eigenvalue weighted by atomic mass is 10.2. The van der Waals surface area contributed by atoms with Gasteiger partial charge in [-0.25, -0.2) is 0 Å². The Hall–Kier alpha value is -1.63. The molecule has 108 valence electrons. The summed E-state index contributed by atoms with van der Waals surface area (Å²) in [6, 6.07) is 8.65. The topological polar surface area (TPSA) is 72.2 Å². The Labute approximate surface area is 138 Å². The van der Waals surface area contributed by atoms with Gasteiger partial charge in [-0.15, -0.1) is 0 Å². The summed E-state index contributed by atoms with van der Waals surface area (Å²) in [5.41, 5.74) is 0.0565. The van der Waals surface area contributed by atoms with Crippen molar-refractivity contribution in [1.82, 2.24) is 0 Å². The minimum atomic E-state index is -0.616. The fourth-order valence-electron chi connectivity index (χ4n) is 1.64. The zero-order chi connectivity index (χ0) is 15.6. The number of nitro groups is 1. The van der Waals surface area contributed by atoms with E-state index in [9.17, 15) is 14.9 Å². The van der Waals surface area contributed by atoms with Crippen molar-refractivity contribution in [1.29, 1.82) is 0 Å². The van der Waals surface area contributed by atoms with Crippen LogP contribution in [0.15, 0.2) is 40.9 Å². The van der Waals surface area contributed by atoms with Crippen molar-refractivity contribution < 1.29 is 9.72 Å². The normalized spacial score (nSPS) is 10.2. The molecule has 0 unspecified atom stereocenters. The molecule has 2 aromatic carbocycles. The van der Waals surface area contributed by atoms with Crippen molar-refractivity contribution in [2.45, 2.75) is 0 Å². The molecule has 0 heterocycles. The molecule has 1 N–H and O–H groups in total. The first-order valence-corrected chi connectivity index (χ1v) is 7.13. The Balaban J connectivity index is 2.33. The number of amides is 1. The predicted molar refractivity (Wildman–Crippen MR) is 85.2 cm³/mol. The molecule has 0 aliphatic rings. The zero-order valence-corrected chi connectivity index (χ0v) is 13.4. The Bertz CT molecular complexity index is 717. The minimum absolute atomic E-state index is 0.0606. The van der Waals surface area contributed by atoms with E-state index in [0.29, 0.717) is 9.50 Å². The third kappa shape index (κ3) is 3.93. The van der Waals surface area contributed by atoms with Crippen LogP contribution in [0.25, 0.3) is 0 Å². The Kier molecular flexibility index (Phi) is 4.82. The van der Waals surface area contributed by atoms with Crippen molar-refractivity contribution in [3.05, 3.63) is 66.6 Å². The summed E-state index contributed by atoms with van der Waals surface area (Å²) in [4.78, 5) is 22.5. The van der Waals surface area contributed by atoms with Crippen LogP contribution in [-0.4, -0.2) is 10.8 Å². The lowest BCUT2D eigenvalue weighted by Crippen LogP contribution is -2.13. The SMILES string of the molecule is O=C(Nc1ccc(Cl)cc1[N+](=O)[O-])c1cc(Cl)cc(Br)c1. The van der Waals surface area contributed by atoms with E-state index in [1.807, 2.05) is 0 Å².